The minimum atomic E-state index is -4.73. The number of rotatable bonds is 7. The van der Waals surface area contributed by atoms with Crippen molar-refractivity contribution in [3.8, 4) is 0 Å². The molecule has 0 heterocycles. The fourth-order valence-corrected chi connectivity index (χ4v) is 3.85. The van der Waals surface area contributed by atoms with Crippen molar-refractivity contribution in [1.82, 2.24) is 0 Å². The van der Waals surface area contributed by atoms with Crippen LogP contribution >= 0.6 is 0 Å². The molecule has 4 rings (SSSR count). The van der Waals surface area contributed by atoms with Gasteiger partial charge >= 0.3 is 0 Å². The van der Waals surface area contributed by atoms with Gasteiger partial charge < -0.3 is 28.7 Å². The van der Waals surface area contributed by atoms with E-state index in [1.54, 1.807) is 48.5 Å². The summed E-state index contributed by atoms with van der Waals surface area (Å²) in [7, 11) is -4.73. The Morgan fingerprint density at radius 1 is 0.513 bits per heavy atom. The normalized spacial score (nSPS) is 12.1. The molecule has 0 bridgehead atoms. The molecule has 0 atom stereocenters. The predicted molar refractivity (Wildman–Crippen MR) is 150 cm³/mol. The summed E-state index contributed by atoms with van der Waals surface area (Å²) in [5.41, 5.74) is 31.9. The van der Waals surface area contributed by atoms with Gasteiger partial charge in [-0.1, -0.05) is 6.07 Å². The van der Waals surface area contributed by atoms with Gasteiger partial charge in [-0.25, -0.2) is 0 Å². The molecule has 15 heteroatoms. The smallest absolute Gasteiger partial charge is 0.296 e. The number of nitrogens with two attached hydrogens (primary N) is 5. The van der Waals surface area contributed by atoms with Crippen LogP contribution in [0.4, 0.5) is 62.6 Å². The Bertz CT molecular complexity index is 1750. The summed E-state index contributed by atoms with van der Waals surface area (Å²) in [6, 6.07) is 18.2. The van der Waals surface area contributed by atoms with Crippen LogP contribution in [0.25, 0.3) is 0 Å². The summed E-state index contributed by atoms with van der Waals surface area (Å²) < 4.78 is 33.9. The lowest BCUT2D eigenvalue weighted by atomic mass is 10.2. The van der Waals surface area contributed by atoms with Gasteiger partial charge in [0.05, 0.1) is 28.4 Å². The molecule has 0 radical (unpaired) electrons. The van der Waals surface area contributed by atoms with Crippen LogP contribution < -0.4 is 28.7 Å². The van der Waals surface area contributed by atoms with E-state index in [-0.39, 0.29) is 28.4 Å². The van der Waals surface area contributed by atoms with E-state index in [0.29, 0.717) is 34.1 Å². The summed E-state index contributed by atoms with van der Waals surface area (Å²) in [6.45, 7) is 0. The number of nitrogens with zero attached hydrogens (tertiary/aromatic N) is 6. The predicted octanol–water partition coefficient (Wildman–Crippen LogP) is 6.09. The van der Waals surface area contributed by atoms with Crippen molar-refractivity contribution < 1.29 is 13.0 Å². The van der Waals surface area contributed by atoms with Crippen LogP contribution in [0.15, 0.2) is 108 Å². The Morgan fingerprint density at radius 2 is 0.974 bits per heavy atom. The lowest BCUT2D eigenvalue weighted by Crippen LogP contribution is -1.99. The van der Waals surface area contributed by atoms with E-state index in [1.807, 2.05) is 0 Å². The Hall–Kier alpha value is -5.41. The van der Waals surface area contributed by atoms with Crippen LogP contribution in [-0.4, -0.2) is 13.0 Å². The first-order valence-electron chi connectivity index (χ1n) is 11.1. The number of nitrogen functional groups attached to an aromatic ring is 5. The van der Waals surface area contributed by atoms with Gasteiger partial charge in [0.25, 0.3) is 10.1 Å². The Morgan fingerprint density at radius 3 is 1.49 bits per heavy atom. The van der Waals surface area contributed by atoms with E-state index in [1.165, 1.54) is 18.2 Å². The van der Waals surface area contributed by atoms with Crippen LogP contribution in [0, 0.1) is 0 Å². The molecule has 0 aliphatic rings. The van der Waals surface area contributed by atoms with Crippen molar-refractivity contribution in [2.24, 2.45) is 30.7 Å². The van der Waals surface area contributed by atoms with E-state index in [0.717, 1.165) is 6.07 Å². The largest absolute Gasteiger partial charge is 0.399 e. The zero-order chi connectivity index (χ0) is 28.2. The van der Waals surface area contributed by atoms with Crippen LogP contribution in [0.1, 0.15) is 0 Å². The molecule has 4 aromatic rings. The van der Waals surface area contributed by atoms with E-state index in [2.05, 4.69) is 30.7 Å². The number of azo groups is 3. The van der Waals surface area contributed by atoms with Crippen LogP contribution in [-0.2, 0) is 10.1 Å². The van der Waals surface area contributed by atoms with Gasteiger partial charge in [0.15, 0.2) is 0 Å². The second-order valence-corrected chi connectivity index (χ2v) is 9.50. The molecule has 0 saturated carbocycles. The fraction of sp³-hybridized carbons (Fsp3) is 0. The van der Waals surface area contributed by atoms with Gasteiger partial charge in [-0.15, -0.1) is 20.5 Å². The molecule has 0 saturated heterocycles. The van der Waals surface area contributed by atoms with E-state index < -0.39 is 15.0 Å². The Kier molecular flexibility index (Phi) is 7.46. The second-order valence-electron chi connectivity index (χ2n) is 8.11. The van der Waals surface area contributed by atoms with Crippen LogP contribution in [0.2, 0.25) is 0 Å². The third-order valence-electron chi connectivity index (χ3n) is 5.13. The maximum absolute atomic E-state index is 12.1. The maximum Gasteiger partial charge on any atom is 0.296 e. The minimum absolute atomic E-state index is 0.0278. The van der Waals surface area contributed by atoms with Crippen molar-refractivity contribution in [3.05, 3.63) is 72.8 Å². The first kappa shape index (κ1) is 26.6. The quantitative estimate of drug-likeness (QED) is 0.0896. The van der Waals surface area contributed by atoms with Gasteiger partial charge in [0.1, 0.15) is 27.6 Å². The Balaban J connectivity index is 1.62. The molecule has 0 aromatic heterocycles. The molecular formula is C24H23N11O3S. The van der Waals surface area contributed by atoms with Gasteiger partial charge in [-0.05, 0) is 66.7 Å². The molecule has 39 heavy (non-hydrogen) atoms. The van der Waals surface area contributed by atoms with E-state index in [9.17, 15) is 13.0 Å². The molecule has 14 nitrogen and oxygen atoms in total. The Labute approximate surface area is 222 Å². The number of benzene rings is 4. The molecule has 0 fully saturated rings. The summed E-state index contributed by atoms with van der Waals surface area (Å²) >= 11 is 0. The maximum atomic E-state index is 12.1. The average Bonchev–Trinajstić information content (AvgIpc) is 2.86. The summed E-state index contributed by atoms with van der Waals surface area (Å²) in [4.78, 5) is -0.577. The zero-order valence-corrected chi connectivity index (χ0v) is 21.0. The summed E-state index contributed by atoms with van der Waals surface area (Å²) in [5, 5.41) is 24.2. The van der Waals surface area contributed by atoms with Crippen LogP contribution in [0.5, 0.6) is 0 Å². The number of hydrogen-bond donors (Lipinski definition) is 6. The molecule has 0 unspecified atom stereocenters. The highest BCUT2D eigenvalue weighted by molar-refractivity contribution is 7.86. The van der Waals surface area contributed by atoms with Crippen molar-refractivity contribution >= 4 is 72.7 Å². The lowest BCUT2D eigenvalue weighted by Gasteiger charge is -2.06. The highest BCUT2D eigenvalue weighted by Crippen LogP contribution is 2.37. The molecule has 0 spiro atoms. The molecule has 11 N–H and O–H groups in total. The molecule has 4 aromatic carbocycles. The standard InChI is InChI=1S/C24H23N11O3S/c25-13-4-6-20(17(27)8-13)32-30-15-2-1-3-16(10-15)31-34-22-12-24(39(36,37)38)23(11-19(22)29)35-33-21-7-5-14(26)9-18(21)28/h1-12H,25-29H2,(H,36,37,38). The molecule has 0 aliphatic heterocycles. The first-order valence-corrected chi connectivity index (χ1v) is 12.5. The van der Waals surface area contributed by atoms with Gasteiger partial charge in [-0.2, -0.15) is 18.6 Å². The second kappa shape index (κ2) is 10.9. The highest BCUT2D eigenvalue weighted by Gasteiger charge is 2.19. The fourth-order valence-electron chi connectivity index (χ4n) is 3.22. The monoisotopic (exact) mass is 545 g/mol. The van der Waals surface area contributed by atoms with Crippen molar-refractivity contribution in [1.29, 1.82) is 0 Å². The van der Waals surface area contributed by atoms with Crippen molar-refractivity contribution in [2.45, 2.75) is 4.90 Å². The first-order chi connectivity index (χ1) is 18.5. The van der Waals surface area contributed by atoms with Crippen molar-refractivity contribution in [3.63, 3.8) is 0 Å². The lowest BCUT2D eigenvalue weighted by molar-refractivity contribution is 0.483. The summed E-state index contributed by atoms with van der Waals surface area (Å²) in [5.74, 6) is 0. The van der Waals surface area contributed by atoms with E-state index >= 15 is 0 Å². The topological polar surface area (TPSA) is 259 Å². The van der Waals surface area contributed by atoms with Gasteiger partial charge in [0, 0.05) is 11.4 Å². The highest BCUT2D eigenvalue weighted by atomic mass is 32.2. The molecule has 198 valence electrons. The zero-order valence-electron chi connectivity index (χ0n) is 20.2. The third-order valence-corrected chi connectivity index (χ3v) is 6.01. The van der Waals surface area contributed by atoms with Crippen LogP contribution in [0.3, 0.4) is 0 Å². The minimum Gasteiger partial charge on any atom is -0.399 e. The number of anilines is 5. The van der Waals surface area contributed by atoms with Gasteiger partial charge in [0.2, 0.25) is 0 Å². The molecular weight excluding hydrogens is 522 g/mol. The molecule has 0 amide bonds. The average molecular weight is 546 g/mol. The van der Waals surface area contributed by atoms with Gasteiger partial charge in [-0.3, -0.25) is 4.55 Å². The number of hydrogen-bond acceptors (Lipinski definition) is 13. The third kappa shape index (κ3) is 6.68. The summed E-state index contributed by atoms with van der Waals surface area (Å²) in [6.07, 6.45) is 0. The van der Waals surface area contributed by atoms with E-state index in [4.69, 9.17) is 28.7 Å². The SMILES string of the molecule is Nc1ccc(N=Nc2cccc(N=Nc3cc(S(=O)(=O)O)c(N=Nc4ccc(N)cc4N)cc3N)c2)c(N)c1. The van der Waals surface area contributed by atoms with Crippen molar-refractivity contribution in [2.75, 3.05) is 28.7 Å². The molecule has 0 aliphatic carbocycles.